The van der Waals surface area contributed by atoms with Gasteiger partial charge in [0.1, 0.15) is 0 Å². The van der Waals surface area contributed by atoms with E-state index < -0.39 is 15.8 Å². The number of carboxylic acid groups (broad SMARTS) is 1. The van der Waals surface area contributed by atoms with Gasteiger partial charge in [-0.25, -0.2) is 13.4 Å². The van der Waals surface area contributed by atoms with Gasteiger partial charge in [-0.2, -0.15) is 9.67 Å². The molecular formula is C13H11N5O4S. The zero-order chi connectivity index (χ0) is 16.6. The van der Waals surface area contributed by atoms with Gasteiger partial charge in [-0.1, -0.05) is 17.3 Å². The van der Waals surface area contributed by atoms with Crippen molar-refractivity contribution in [3.05, 3.63) is 36.0 Å². The fourth-order valence-electron chi connectivity index (χ4n) is 2.04. The summed E-state index contributed by atoms with van der Waals surface area (Å²) in [6.45, 7) is 0. The molecule has 0 saturated carbocycles. The van der Waals surface area contributed by atoms with Crippen molar-refractivity contribution in [1.29, 1.82) is 0 Å². The molecule has 1 aromatic carbocycles. The van der Waals surface area contributed by atoms with Crippen molar-refractivity contribution >= 4 is 27.0 Å². The zero-order valence-electron chi connectivity index (χ0n) is 11.9. The molecule has 0 aliphatic rings. The van der Waals surface area contributed by atoms with Crippen molar-refractivity contribution in [2.75, 3.05) is 6.26 Å². The van der Waals surface area contributed by atoms with Gasteiger partial charge < -0.3 is 5.11 Å². The molecular weight excluding hydrogens is 322 g/mol. The Kier molecular flexibility index (Phi) is 3.52. The topological polar surface area (TPSA) is 128 Å². The molecule has 0 amide bonds. The second-order valence-corrected chi connectivity index (χ2v) is 6.78. The molecule has 0 bridgehead atoms. The van der Waals surface area contributed by atoms with E-state index in [0.29, 0.717) is 16.8 Å². The van der Waals surface area contributed by atoms with E-state index in [0.717, 1.165) is 6.26 Å². The summed E-state index contributed by atoms with van der Waals surface area (Å²) < 4.78 is 24.5. The molecule has 0 unspecified atom stereocenters. The van der Waals surface area contributed by atoms with Crippen molar-refractivity contribution in [3.8, 4) is 5.69 Å². The molecule has 0 atom stereocenters. The van der Waals surface area contributed by atoms with Gasteiger partial charge in [0.05, 0.1) is 18.3 Å². The van der Waals surface area contributed by atoms with Crippen LogP contribution in [0.25, 0.3) is 16.9 Å². The molecule has 10 heteroatoms. The van der Waals surface area contributed by atoms with Gasteiger partial charge in [0.15, 0.2) is 11.2 Å². The van der Waals surface area contributed by atoms with Gasteiger partial charge in [-0.15, -0.1) is 5.10 Å². The lowest BCUT2D eigenvalue weighted by atomic mass is 10.1. The maximum absolute atomic E-state index is 11.6. The van der Waals surface area contributed by atoms with Crippen LogP contribution in [0.2, 0.25) is 0 Å². The van der Waals surface area contributed by atoms with Crippen LogP contribution in [0.5, 0.6) is 0 Å². The highest BCUT2D eigenvalue weighted by Gasteiger charge is 2.16. The Bertz CT molecular complexity index is 1010. The second-order valence-electron chi connectivity index (χ2n) is 4.88. The Morgan fingerprint density at radius 3 is 2.83 bits per heavy atom. The van der Waals surface area contributed by atoms with E-state index in [1.54, 1.807) is 24.3 Å². The molecule has 0 radical (unpaired) electrons. The van der Waals surface area contributed by atoms with Crippen LogP contribution in [-0.4, -0.2) is 50.7 Å². The Labute approximate surface area is 130 Å². The van der Waals surface area contributed by atoms with Gasteiger partial charge >= 0.3 is 5.97 Å². The highest BCUT2D eigenvalue weighted by atomic mass is 32.2. The SMILES string of the molecule is CS(=O)(=O)c1ncc2nnn(-c3cccc(CC(=O)O)c3)c2n1. The average molecular weight is 333 g/mol. The highest BCUT2D eigenvalue weighted by Crippen LogP contribution is 2.16. The Morgan fingerprint density at radius 1 is 1.35 bits per heavy atom. The quantitative estimate of drug-likeness (QED) is 0.672. The molecule has 2 aromatic heterocycles. The number of aliphatic carboxylic acids is 1. The molecule has 0 saturated heterocycles. The Balaban J connectivity index is 2.15. The van der Waals surface area contributed by atoms with E-state index >= 15 is 0 Å². The van der Waals surface area contributed by atoms with Gasteiger partial charge in [-0.05, 0) is 17.7 Å². The van der Waals surface area contributed by atoms with Crippen LogP contribution >= 0.6 is 0 Å². The molecule has 1 N–H and O–H groups in total. The van der Waals surface area contributed by atoms with Gasteiger partial charge in [-0.3, -0.25) is 4.79 Å². The lowest BCUT2D eigenvalue weighted by molar-refractivity contribution is -0.136. The van der Waals surface area contributed by atoms with Gasteiger partial charge in [0.25, 0.3) is 0 Å². The lowest BCUT2D eigenvalue weighted by Crippen LogP contribution is -2.06. The van der Waals surface area contributed by atoms with Gasteiger partial charge in [0.2, 0.25) is 15.0 Å². The number of nitrogens with zero attached hydrogens (tertiary/aromatic N) is 5. The average Bonchev–Trinajstić information content (AvgIpc) is 2.89. The Morgan fingerprint density at radius 2 is 2.13 bits per heavy atom. The molecule has 9 nitrogen and oxygen atoms in total. The molecule has 118 valence electrons. The third-order valence-corrected chi connectivity index (χ3v) is 3.87. The minimum atomic E-state index is -3.56. The molecule has 3 rings (SSSR count). The number of carbonyl (C=O) groups is 1. The van der Waals surface area contributed by atoms with Gasteiger partial charge in [0, 0.05) is 6.26 Å². The fourth-order valence-corrected chi connectivity index (χ4v) is 2.53. The summed E-state index contributed by atoms with van der Waals surface area (Å²) in [5.74, 6) is -0.952. The fraction of sp³-hybridized carbons (Fsp3) is 0.154. The minimum Gasteiger partial charge on any atom is -0.481 e. The number of carboxylic acids is 1. The normalized spacial score (nSPS) is 11.7. The van der Waals surface area contributed by atoms with E-state index in [2.05, 4.69) is 20.3 Å². The smallest absolute Gasteiger partial charge is 0.307 e. The first kappa shape index (κ1) is 15.0. The largest absolute Gasteiger partial charge is 0.481 e. The van der Waals surface area contributed by atoms with Crippen LogP contribution in [0.3, 0.4) is 0 Å². The van der Waals surface area contributed by atoms with Crippen molar-refractivity contribution < 1.29 is 18.3 Å². The molecule has 0 spiro atoms. The first-order chi connectivity index (χ1) is 10.8. The van der Waals surface area contributed by atoms with Crippen molar-refractivity contribution in [2.45, 2.75) is 11.6 Å². The first-order valence-electron chi connectivity index (χ1n) is 6.44. The van der Waals surface area contributed by atoms with Crippen LogP contribution in [0.15, 0.2) is 35.6 Å². The lowest BCUT2D eigenvalue weighted by Gasteiger charge is -2.04. The third-order valence-electron chi connectivity index (χ3n) is 3.01. The number of rotatable bonds is 4. The van der Waals surface area contributed by atoms with E-state index in [1.165, 1.54) is 10.9 Å². The van der Waals surface area contributed by atoms with E-state index in [4.69, 9.17) is 5.11 Å². The maximum atomic E-state index is 11.6. The summed E-state index contributed by atoms with van der Waals surface area (Å²) in [6, 6.07) is 6.68. The van der Waals surface area contributed by atoms with E-state index in [9.17, 15) is 13.2 Å². The standard InChI is InChI=1S/C13H11N5O4S/c1-23(21,22)13-14-7-10-12(15-13)18(17-16-10)9-4-2-3-8(5-9)6-11(19)20/h2-5,7H,6H2,1H3,(H,19,20). The molecule has 0 fully saturated rings. The molecule has 0 aliphatic heterocycles. The van der Waals surface area contributed by atoms with Crippen LogP contribution in [0.4, 0.5) is 0 Å². The summed E-state index contributed by atoms with van der Waals surface area (Å²) in [5.41, 5.74) is 1.68. The number of benzene rings is 1. The van der Waals surface area contributed by atoms with Crippen LogP contribution < -0.4 is 0 Å². The third kappa shape index (κ3) is 3.01. The number of hydrogen-bond donors (Lipinski definition) is 1. The monoisotopic (exact) mass is 333 g/mol. The van der Waals surface area contributed by atoms with E-state index in [1.807, 2.05) is 0 Å². The number of sulfone groups is 1. The second kappa shape index (κ2) is 5.39. The molecule has 3 aromatic rings. The van der Waals surface area contributed by atoms with Crippen molar-refractivity contribution in [3.63, 3.8) is 0 Å². The molecule has 2 heterocycles. The maximum Gasteiger partial charge on any atom is 0.307 e. The summed E-state index contributed by atoms with van der Waals surface area (Å²) in [6.07, 6.45) is 2.16. The molecule has 0 aliphatic carbocycles. The number of hydrogen-bond acceptors (Lipinski definition) is 7. The minimum absolute atomic E-state index is 0.135. The summed E-state index contributed by atoms with van der Waals surface area (Å²) >= 11 is 0. The Hall–Kier alpha value is -2.88. The highest BCUT2D eigenvalue weighted by molar-refractivity contribution is 7.90. The number of aromatic nitrogens is 5. The van der Waals surface area contributed by atoms with Crippen LogP contribution in [0.1, 0.15) is 5.56 Å². The van der Waals surface area contributed by atoms with Crippen LogP contribution in [0, 0.1) is 0 Å². The number of fused-ring (bicyclic) bond motifs is 1. The molecule has 23 heavy (non-hydrogen) atoms. The van der Waals surface area contributed by atoms with E-state index in [-0.39, 0.29) is 17.2 Å². The summed E-state index contributed by atoms with van der Waals surface area (Å²) in [4.78, 5) is 18.6. The first-order valence-corrected chi connectivity index (χ1v) is 8.33. The van der Waals surface area contributed by atoms with Crippen molar-refractivity contribution in [1.82, 2.24) is 25.0 Å². The van der Waals surface area contributed by atoms with Crippen molar-refractivity contribution in [2.24, 2.45) is 0 Å². The predicted molar refractivity (Wildman–Crippen MR) is 78.9 cm³/mol. The zero-order valence-corrected chi connectivity index (χ0v) is 12.7. The van der Waals surface area contributed by atoms with Crippen LogP contribution in [-0.2, 0) is 21.1 Å². The summed E-state index contributed by atoms with van der Waals surface area (Å²) in [5, 5.41) is 16.4. The summed E-state index contributed by atoms with van der Waals surface area (Å²) in [7, 11) is -3.56. The predicted octanol–water partition coefficient (Wildman–Crippen LogP) is 0.241.